The molecule has 0 atom stereocenters. The predicted molar refractivity (Wildman–Crippen MR) is 155 cm³/mol. The first-order valence-electron chi connectivity index (χ1n) is 12.5. The SMILES string of the molecule is CC(=O)/C=C(/C)O.Cc1cccc(C)c1-c1cc2c(-c3[c-]c4ccccc4c4ccccc34)nccc2o1.[Ir]. The number of aromatic nitrogens is 1. The second-order valence-corrected chi connectivity index (χ2v) is 9.44. The fourth-order valence-electron chi connectivity index (χ4n) is 4.93. The van der Waals surface area contributed by atoms with Crippen molar-refractivity contribution >= 4 is 38.3 Å². The molecule has 0 fully saturated rings. The Labute approximate surface area is 241 Å². The number of allylic oxidation sites excluding steroid dienone is 2. The fraction of sp³-hybridized carbons (Fsp3) is 0.118. The van der Waals surface area contributed by atoms with Crippen LogP contribution in [0.3, 0.4) is 0 Å². The Balaban J connectivity index is 0.000000394. The summed E-state index contributed by atoms with van der Waals surface area (Å²) < 4.78 is 6.32. The third kappa shape index (κ3) is 5.70. The van der Waals surface area contributed by atoms with E-state index in [0.717, 1.165) is 44.3 Å². The Bertz CT molecular complexity index is 1820. The molecule has 5 heteroatoms. The number of nitrogens with zero attached hydrogens (tertiary/aromatic N) is 1. The summed E-state index contributed by atoms with van der Waals surface area (Å²) in [6.45, 7) is 7.10. The molecule has 0 saturated carbocycles. The van der Waals surface area contributed by atoms with Gasteiger partial charge in [0, 0.05) is 49.0 Å². The molecule has 0 aliphatic carbocycles. The number of aryl methyl sites for hydroxylation is 2. The van der Waals surface area contributed by atoms with E-state index in [2.05, 4.69) is 92.7 Å². The number of carbonyl (C=O) groups is 1. The van der Waals surface area contributed by atoms with E-state index in [1.807, 2.05) is 12.3 Å². The van der Waals surface area contributed by atoms with Gasteiger partial charge in [0.25, 0.3) is 0 Å². The summed E-state index contributed by atoms with van der Waals surface area (Å²) in [6.07, 6.45) is 2.99. The maximum Gasteiger partial charge on any atom is 0.155 e. The molecule has 0 spiro atoms. The summed E-state index contributed by atoms with van der Waals surface area (Å²) in [5.74, 6) is 0.817. The number of ketones is 1. The largest absolute Gasteiger partial charge is 0.512 e. The minimum atomic E-state index is -0.125. The Morgan fingerprint density at radius 2 is 1.49 bits per heavy atom. The summed E-state index contributed by atoms with van der Waals surface area (Å²) in [5.41, 5.74) is 6.31. The van der Waals surface area contributed by atoms with E-state index >= 15 is 0 Å². The van der Waals surface area contributed by atoms with Gasteiger partial charge >= 0.3 is 0 Å². The van der Waals surface area contributed by atoms with Crippen LogP contribution in [0.15, 0.2) is 101 Å². The molecule has 0 aliphatic heterocycles. The number of carbonyl (C=O) groups excluding carboxylic acids is 1. The van der Waals surface area contributed by atoms with Gasteiger partial charge in [0.1, 0.15) is 11.3 Å². The Morgan fingerprint density at radius 3 is 2.13 bits per heavy atom. The number of furan rings is 1. The Hall–Kier alpha value is -4.05. The van der Waals surface area contributed by atoms with Crippen molar-refractivity contribution in [2.45, 2.75) is 27.7 Å². The van der Waals surface area contributed by atoms with Gasteiger partial charge in [-0.15, -0.1) is 17.5 Å². The number of aliphatic hydroxyl groups is 1. The predicted octanol–water partition coefficient (Wildman–Crippen LogP) is 8.92. The number of fused-ring (bicyclic) bond motifs is 4. The van der Waals surface area contributed by atoms with Crippen LogP contribution in [0.5, 0.6) is 0 Å². The Kier molecular flexibility index (Phi) is 8.44. The molecule has 1 radical (unpaired) electrons. The van der Waals surface area contributed by atoms with Crippen molar-refractivity contribution in [3.8, 4) is 22.6 Å². The minimum absolute atomic E-state index is 0. The van der Waals surface area contributed by atoms with E-state index in [4.69, 9.17) is 14.5 Å². The third-order valence-electron chi connectivity index (χ3n) is 6.50. The average Bonchev–Trinajstić information content (AvgIpc) is 3.32. The van der Waals surface area contributed by atoms with Crippen LogP contribution in [-0.4, -0.2) is 15.9 Å². The molecule has 6 aromatic rings. The van der Waals surface area contributed by atoms with Crippen LogP contribution in [0.1, 0.15) is 25.0 Å². The van der Waals surface area contributed by atoms with Crippen LogP contribution in [-0.2, 0) is 24.9 Å². The van der Waals surface area contributed by atoms with E-state index in [9.17, 15) is 4.79 Å². The van der Waals surface area contributed by atoms with Crippen molar-refractivity contribution in [3.63, 3.8) is 0 Å². The molecule has 2 heterocycles. The van der Waals surface area contributed by atoms with E-state index in [-0.39, 0.29) is 31.6 Å². The van der Waals surface area contributed by atoms with E-state index in [1.165, 1.54) is 41.8 Å². The summed E-state index contributed by atoms with van der Waals surface area (Å²) >= 11 is 0. The van der Waals surface area contributed by atoms with E-state index in [1.54, 1.807) is 0 Å². The number of hydrogen-bond donors (Lipinski definition) is 1. The first-order chi connectivity index (χ1) is 18.3. The molecule has 0 saturated heterocycles. The topological polar surface area (TPSA) is 63.3 Å². The van der Waals surface area contributed by atoms with Gasteiger partial charge in [0.05, 0.1) is 5.76 Å². The molecule has 4 nitrogen and oxygen atoms in total. The smallest absolute Gasteiger partial charge is 0.155 e. The van der Waals surface area contributed by atoms with Crippen LogP contribution >= 0.6 is 0 Å². The number of pyridine rings is 1. The average molecular weight is 691 g/mol. The maximum absolute atomic E-state index is 10.0. The number of benzene rings is 4. The van der Waals surface area contributed by atoms with Crippen molar-refractivity contribution in [2.75, 3.05) is 0 Å². The molecule has 0 amide bonds. The molecular formula is C34H28IrNO3-. The molecule has 1 N–H and O–H groups in total. The molecule has 0 aliphatic rings. The first-order valence-corrected chi connectivity index (χ1v) is 12.5. The summed E-state index contributed by atoms with van der Waals surface area (Å²) in [7, 11) is 0. The van der Waals surface area contributed by atoms with E-state index < -0.39 is 0 Å². The summed E-state index contributed by atoms with van der Waals surface area (Å²) in [4.78, 5) is 14.8. The number of hydrogen-bond acceptors (Lipinski definition) is 4. The van der Waals surface area contributed by atoms with Crippen LogP contribution in [0.25, 0.3) is 55.1 Å². The molecule has 6 rings (SSSR count). The van der Waals surface area contributed by atoms with Gasteiger partial charge < -0.3 is 9.52 Å². The van der Waals surface area contributed by atoms with Crippen molar-refractivity contribution in [3.05, 3.63) is 114 Å². The molecule has 197 valence electrons. The molecule has 39 heavy (non-hydrogen) atoms. The summed E-state index contributed by atoms with van der Waals surface area (Å²) in [6, 6.07) is 30.9. The van der Waals surface area contributed by atoms with Crippen molar-refractivity contribution < 1.29 is 34.4 Å². The van der Waals surface area contributed by atoms with Gasteiger partial charge in [-0.25, -0.2) is 0 Å². The zero-order valence-electron chi connectivity index (χ0n) is 22.2. The number of aliphatic hydroxyl groups excluding tert-OH is 1. The normalized spacial score (nSPS) is 11.2. The standard InChI is InChI=1S/C29H20NO.C5H8O2.Ir/c1-18-8-7-9-19(2)28(18)27-17-25-26(31-27)14-15-30-29(25)24-16-20-10-3-4-11-21(20)22-12-5-6-13-23(22)24;1-4(6)3-5(2)7;/h3-15,17H,1-2H3;3,6H,1-2H3;/q-1;;/b;4-3-;. The van der Waals surface area contributed by atoms with Crippen LogP contribution in [0.4, 0.5) is 0 Å². The van der Waals surface area contributed by atoms with Gasteiger partial charge in [0.2, 0.25) is 0 Å². The Morgan fingerprint density at radius 1 is 0.846 bits per heavy atom. The molecule has 0 bridgehead atoms. The first kappa shape index (κ1) is 28.0. The zero-order valence-corrected chi connectivity index (χ0v) is 24.6. The van der Waals surface area contributed by atoms with Gasteiger partial charge in [-0.3, -0.25) is 9.78 Å². The monoisotopic (exact) mass is 691 g/mol. The van der Waals surface area contributed by atoms with Gasteiger partial charge in [-0.1, -0.05) is 82.4 Å². The van der Waals surface area contributed by atoms with Gasteiger partial charge in [0.15, 0.2) is 5.78 Å². The minimum Gasteiger partial charge on any atom is -0.512 e. The number of rotatable bonds is 3. The third-order valence-corrected chi connectivity index (χ3v) is 6.50. The fourth-order valence-corrected chi connectivity index (χ4v) is 4.93. The van der Waals surface area contributed by atoms with Crippen molar-refractivity contribution in [1.29, 1.82) is 0 Å². The van der Waals surface area contributed by atoms with Crippen LogP contribution in [0, 0.1) is 19.9 Å². The van der Waals surface area contributed by atoms with E-state index in [0.29, 0.717) is 0 Å². The molecule has 0 unspecified atom stereocenters. The molecule has 2 aromatic heterocycles. The summed E-state index contributed by atoms with van der Waals surface area (Å²) in [5, 5.41) is 14.0. The molecule has 4 aromatic carbocycles. The van der Waals surface area contributed by atoms with Crippen LogP contribution < -0.4 is 0 Å². The quantitative estimate of drug-likeness (QED) is 0.0872. The van der Waals surface area contributed by atoms with Crippen molar-refractivity contribution in [2.24, 2.45) is 0 Å². The van der Waals surface area contributed by atoms with Crippen LogP contribution in [0.2, 0.25) is 0 Å². The zero-order chi connectivity index (χ0) is 26.8. The maximum atomic E-state index is 10.0. The van der Waals surface area contributed by atoms with Gasteiger partial charge in [-0.05, 0) is 51.0 Å². The van der Waals surface area contributed by atoms with Gasteiger partial charge in [-0.2, -0.15) is 0 Å². The second-order valence-electron chi connectivity index (χ2n) is 9.44. The molecular weight excluding hydrogens is 663 g/mol. The second kappa shape index (κ2) is 11.8. The van der Waals surface area contributed by atoms with Crippen molar-refractivity contribution in [1.82, 2.24) is 4.98 Å².